The van der Waals surface area contributed by atoms with E-state index < -0.39 is 6.43 Å². The smallest absolute Gasteiger partial charge is 0.239 e. The molecule has 15 heavy (non-hydrogen) atoms. The maximum Gasteiger partial charge on any atom is 0.239 e. The van der Waals surface area contributed by atoms with Crippen LogP contribution in [-0.2, 0) is 0 Å². The highest BCUT2D eigenvalue weighted by Gasteiger charge is 2.65. The number of hydrogen-bond donors (Lipinski definition) is 0. The lowest BCUT2D eigenvalue weighted by Gasteiger charge is -2.37. The molecule has 1 aliphatic heterocycles. The number of alkyl halides is 2. The van der Waals surface area contributed by atoms with Crippen molar-refractivity contribution in [3.63, 3.8) is 0 Å². The topological polar surface area (TPSA) is 3.24 Å². The molecule has 0 aromatic rings. The molecule has 1 saturated heterocycles. The van der Waals surface area contributed by atoms with Crippen molar-refractivity contribution in [3.8, 4) is 0 Å². The number of rotatable bonds is 2. The third-order valence-corrected chi connectivity index (χ3v) is 3.99. The minimum atomic E-state index is -2.14. The van der Waals surface area contributed by atoms with Crippen molar-refractivity contribution in [2.75, 3.05) is 0 Å². The average Bonchev–Trinajstić information content (AvgIpc) is 2.50. The standard InChI is InChI=1S/C12H21F2N/c1-8-5-12(7-10(13)14)6-9(12)15(8)11(2,3)4/h8-10H,5-7H2,1-4H3/t8-,9-,12+/m1/s1. The van der Waals surface area contributed by atoms with Crippen LogP contribution < -0.4 is 0 Å². The van der Waals surface area contributed by atoms with Gasteiger partial charge in [0.2, 0.25) is 6.43 Å². The van der Waals surface area contributed by atoms with E-state index in [9.17, 15) is 8.78 Å². The zero-order valence-electron chi connectivity index (χ0n) is 10.1. The molecule has 3 atom stereocenters. The summed E-state index contributed by atoms with van der Waals surface area (Å²) in [6.07, 6.45) is -0.0885. The molecule has 1 heterocycles. The first-order chi connectivity index (χ1) is 6.76. The zero-order valence-corrected chi connectivity index (χ0v) is 10.1. The molecule has 2 fully saturated rings. The Labute approximate surface area is 90.8 Å². The number of nitrogens with zero attached hydrogens (tertiary/aromatic N) is 1. The van der Waals surface area contributed by atoms with Crippen molar-refractivity contribution < 1.29 is 8.78 Å². The molecule has 0 aromatic carbocycles. The number of halogens is 2. The molecule has 0 bridgehead atoms. The minimum absolute atomic E-state index is 0.0408. The van der Waals surface area contributed by atoms with Crippen LogP contribution in [0.3, 0.4) is 0 Å². The van der Waals surface area contributed by atoms with Crippen LogP contribution in [0.4, 0.5) is 8.78 Å². The molecule has 0 N–H and O–H groups in total. The summed E-state index contributed by atoms with van der Waals surface area (Å²) in [6.45, 7) is 8.71. The fourth-order valence-electron chi connectivity index (χ4n) is 3.67. The SMILES string of the molecule is C[C@@H]1C[C@@]2(CC(F)F)C[C@H]2N1C(C)(C)C. The van der Waals surface area contributed by atoms with Crippen molar-refractivity contribution in [2.24, 2.45) is 5.41 Å². The highest BCUT2D eigenvalue weighted by molar-refractivity contribution is 5.18. The van der Waals surface area contributed by atoms with Gasteiger partial charge < -0.3 is 0 Å². The molecule has 0 amide bonds. The van der Waals surface area contributed by atoms with Gasteiger partial charge in [-0.15, -0.1) is 0 Å². The molecule has 3 heteroatoms. The van der Waals surface area contributed by atoms with E-state index in [4.69, 9.17) is 0 Å². The molecule has 2 aliphatic rings. The van der Waals surface area contributed by atoms with Crippen molar-refractivity contribution in [2.45, 2.75) is 71.0 Å². The number of fused-ring (bicyclic) bond motifs is 1. The largest absolute Gasteiger partial charge is 0.292 e. The minimum Gasteiger partial charge on any atom is -0.292 e. The van der Waals surface area contributed by atoms with E-state index in [1.165, 1.54) is 0 Å². The van der Waals surface area contributed by atoms with E-state index in [1.54, 1.807) is 0 Å². The second-order valence-electron chi connectivity index (χ2n) is 6.31. The lowest BCUT2D eigenvalue weighted by molar-refractivity contribution is 0.1000. The van der Waals surface area contributed by atoms with Gasteiger partial charge in [0.1, 0.15) is 0 Å². The molecular formula is C12H21F2N. The molecule has 1 nitrogen and oxygen atoms in total. The predicted octanol–water partition coefficient (Wildman–Crippen LogP) is 3.29. The van der Waals surface area contributed by atoms with E-state index in [2.05, 4.69) is 32.6 Å². The van der Waals surface area contributed by atoms with Crippen LogP contribution in [0.2, 0.25) is 0 Å². The number of piperidine rings is 1. The summed E-state index contributed by atoms with van der Waals surface area (Å²) in [5.41, 5.74) is 0.0747. The van der Waals surface area contributed by atoms with Gasteiger partial charge in [0.25, 0.3) is 0 Å². The summed E-state index contributed by atoms with van der Waals surface area (Å²) >= 11 is 0. The molecule has 2 rings (SSSR count). The summed E-state index contributed by atoms with van der Waals surface area (Å²) in [6, 6.07) is 0.879. The highest BCUT2D eigenvalue weighted by Crippen LogP contribution is 2.63. The maximum absolute atomic E-state index is 12.5. The summed E-state index contributed by atoms with van der Waals surface area (Å²) in [5.74, 6) is 0. The van der Waals surface area contributed by atoms with Gasteiger partial charge in [-0.05, 0) is 46.0 Å². The molecule has 0 aromatic heterocycles. The maximum atomic E-state index is 12.5. The second-order valence-corrected chi connectivity index (χ2v) is 6.31. The Kier molecular flexibility index (Phi) is 2.38. The van der Waals surface area contributed by atoms with Gasteiger partial charge in [-0.2, -0.15) is 0 Å². The second kappa shape index (κ2) is 3.16. The van der Waals surface area contributed by atoms with Gasteiger partial charge in [-0.25, -0.2) is 8.78 Å². The Morgan fingerprint density at radius 3 is 2.33 bits per heavy atom. The Balaban J connectivity index is 2.09. The summed E-state index contributed by atoms with van der Waals surface area (Å²) < 4.78 is 25.0. The van der Waals surface area contributed by atoms with Crippen LogP contribution in [0.5, 0.6) is 0 Å². The Hall–Kier alpha value is -0.180. The molecule has 1 aliphatic carbocycles. The fraction of sp³-hybridized carbons (Fsp3) is 1.00. The first-order valence-corrected chi connectivity index (χ1v) is 5.83. The van der Waals surface area contributed by atoms with Gasteiger partial charge in [0.15, 0.2) is 0 Å². The molecule has 88 valence electrons. The average molecular weight is 217 g/mol. The third-order valence-electron chi connectivity index (χ3n) is 3.99. The first-order valence-electron chi connectivity index (χ1n) is 5.83. The van der Waals surface area contributed by atoms with Gasteiger partial charge in [-0.3, -0.25) is 4.90 Å². The Bertz CT molecular complexity index is 259. The van der Waals surface area contributed by atoms with Gasteiger partial charge in [-0.1, -0.05) is 0 Å². The monoisotopic (exact) mass is 217 g/mol. The van der Waals surface area contributed by atoms with Gasteiger partial charge >= 0.3 is 0 Å². The van der Waals surface area contributed by atoms with E-state index >= 15 is 0 Å². The van der Waals surface area contributed by atoms with Crippen LogP contribution in [0.25, 0.3) is 0 Å². The van der Waals surface area contributed by atoms with Gasteiger partial charge in [0.05, 0.1) is 0 Å². The van der Waals surface area contributed by atoms with Crippen LogP contribution in [0.15, 0.2) is 0 Å². The predicted molar refractivity (Wildman–Crippen MR) is 57.1 cm³/mol. The van der Waals surface area contributed by atoms with Crippen LogP contribution in [-0.4, -0.2) is 28.9 Å². The Morgan fingerprint density at radius 1 is 1.33 bits per heavy atom. The van der Waals surface area contributed by atoms with Crippen LogP contribution in [0, 0.1) is 5.41 Å². The molecule has 0 radical (unpaired) electrons. The molecular weight excluding hydrogens is 196 g/mol. The third kappa shape index (κ3) is 1.79. The Morgan fingerprint density at radius 2 is 1.93 bits per heavy atom. The van der Waals surface area contributed by atoms with Crippen molar-refractivity contribution in [3.05, 3.63) is 0 Å². The van der Waals surface area contributed by atoms with E-state index in [0.29, 0.717) is 12.1 Å². The highest BCUT2D eigenvalue weighted by atomic mass is 19.3. The van der Waals surface area contributed by atoms with Gasteiger partial charge in [0, 0.05) is 24.0 Å². The fourth-order valence-corrected chi connectivity index (χ4v) is 3.67. The van der Waals surface area contributed by atoms with Crippen molar-refractivity contribution >= 4 is 0 Å². The molecule has 1 saturated carbocycles. The summed E-state index contributed by atoms with van der Waals surface area (Å²) in [5, 5.41) is 0. The van der Waals surface area contributed by atoms with E-state index in [1.807, 2.05) is 0 Å². The van der Waals surface area contributed by atoms with E-state index in [-0.39, 0.29) is 17.4 Å². The summed E-state index contributed by atoms with van der Waals surface area (Å²) in [4.78, 5) is 2.44. The van der Waals surface area contributed by atoms with E-state index in [0.717, 1.165) is 12.8 Å². The van der Waals surface area contributed by atoms with Crippen LogP contribution in [0.1, 0.15) is 47.0 Å². The summed E-state index contributed by atoms with van der Waals surface area (Å²) in [7, 11) is 0. The number of hydrogen-bond acceptors (Lipinski definition) is 1. The van der Waals surface area contributed by atoms with Crippen molar-refractivity contribution in [1.29, 1.82) is 0 Å². The van der Waals surface area contributed by atoms with Crippen molar-refractivity contribution in [1.82, 2.24) is 4.90 Å². The molecule has 0 unspecified atom stereocenters. The number of likely N-dealkylation sites (tertiary alicyclic amines) is 1. The lowest BCUT2D eigenvalue weighted by atomic mass is 9.96. The molecule has 0 spiro atoms. The van der Waals surface area contributed by atoms with Crippen LogP contribution >= 0.6 is 0 Å². The quantitative estimate of drug-likeness (QED) is 0.686. The normalized spacial score (nSPS) is 41.0. The first kappa shape index (κ1) is 11.3. The zero-order chi connectivity index (χ0) is 11.4. The lowest BCUT2D eigenvalue weighted by Crippen LogP contribution is -2.45.